The summed E-state index contributed by atoms with van der Waals surface area (Å²) >= 11 is 0. The Labute approximate surface area is 562 Å². The van der Waals surface area contributed by atoms with Crippen molar-refractivity contribution in [3.05, 3.63) is 333 Å². The molecule has 19 rings (SSSR count). The maximum absolute atomic E-state index is 5.67. The molecule has 0 bridgehead atoms. The first-order chi connectivity index (χ1) is 47.9. The van der Waals surface area contributed by atoms with Crippen LogP contribution in [-0.4, -0.2) is 36.2 Å². The lowest BCUT2D eigenvalue weighted by Gasteiger charge is -2.44. The zero-order valence-electron chi connectivity index (χ0n) is 53.3. The molecule has 0 atom stereocenters. The Bertz CT molecular complexity index is 5770. The SMILES string of the molecule is CC1(C)c2ccccc2-c2cc3c4ccccc4n(-c4ccc(-c5cc(-c6ccccc6)nc(-c6ccccc6)n5)cc4-c4nc(-c5ccccc5)nc(-c5cccc(-c6cccc(N7c8ccccc8B8c9ccccc9N(c9ccccc9)c9cccc7c98)c6)c5)n4)c3cc21. The minimum atomic E-state index is -0.236. The minimum absolute atomic E-state index is 0.0417. The molecule has 13 aromatic carbocycles. The Balaban J connectivity index is 0.794. The van der Waals surface area contributed by atoms with Crippen molar-refractivity contribution in [2.75, 3.05) is 9.80 Å². The lowest BCUT2D eigenvalue weighted by molar-refractivity contribution is 0.661. The molecule has 0 N–H and O–H groups in total. The third-order valence-corrected chi connectivity index (χ3v) is 20.0. The Morgan fingerprint density at radius 2 is 0.784 bits per heavy atom. The molecule has 1 aliphatic carbocycles. The number of nitrogens with zero attached hydrogens (tertiary/aromatic N) is 8. The van der Waals surface area contributed by atoms with Crippen LogP contribution in [0.1, 0.15) is 25.0 Å². The highest BCUT2D eigenvalue weighted by atomic mass is 15.2. The highest BCUT2D eigenvalue weighted by Crippen LogP contribution is 2.52. The summed E-state index contributed by atoms with van der Waals surface area (Å²) in [5, 5.41) is 2.33. The van der Waals surface area contributed by atoms with E-state index in [9.17, 15) is 0 Å². The van der Waals surface area contributed by atoms with E-state index < -0.39 is 0 Å². The van der Waals surface area contributed by atoms with Gasteiger partial charge in [0, 0.05) is 83.7 Å². The van der Waals surface area contributed by atoms with Crippen molar-refractivity contribution in [2.45, 2.75) is 19.3 Å². The van der Waals surface area contributed by atoms with E-state index in [1.165, 1.54) is 55.4 Å². The van der Waals surface area contributed by atoms with Crippen LogP contribution in [0, 0.1) is 0 Å². The van der Waals surface area contributed by atoms with Crippen LogP contribution < -0.4 is 26.2 Å². The van der Waals surface area contributed by atoms with Gasteiger partial charge in [-0.15, -0.1) is 0 Å². The summed E-state index contributed by atoms with van der Waals surface area (Å²) < 4.78 is 2.43. The number of fused-ring (bicyclic) bond motifs is 10. The van der Waals surface area contributed by atoms with Crippen LogP contribution in [0.2, 0.25) is 0 Å². The highest BCUT2D eigenvalue weighted by Gasteiger charge is 2.43. The number of hydrogen-bond donors (Lipinski definition) is 0. The number of aromatic nitrogens is 6. The van der Waals surface area contributed by atoms with E-state index in [-0.39, 0.29) is 12.1 Å². The summed E-state index contributed by atoms with van der Waals surface area (Å²) in [6, 6.07) is 115. The molecule has 5 heterocycles. The second-order valence-corrected chi connectivity index (χ2v) is 25.9. The summed E-state index contributed by atoms with van der Waals surface area (Å²) in [5.41, 5.74) is 27.8. The predicted molar refractivity (Wildman–Crippen MR) is 399 cm³/mol. The Morgan fingerprint density at radius 3 is 1.49 bits per heavy atom. The largest absolute Gasteiger partial charge is 0.311 e. The summed E-state index contributed by atoms with van der Waals surface area (Å²) in [6.07, 6.45) is 0. The third-order valence-electron chi connectivity index (χ3n) is 20.0. The van der Waals surface area contributed by atoms with Crippen molar-refractivity contribution in [1.29, 1.82) is 0 Å². The van der Waals surface area contributed by atoms with Gasteiger partial charge in [-0.3, -0.25) is 0 Å². The molecule has 0 radical (unpaired) electrons. The fourth-order valence-electron chi connectivity index (χ4n) is 15.5. The first-order valence-electron chi connectivity index (χ1n) is 33.2. The van der Waals surface area contributed by atoms with Gasteiger partial charge in [-0.05, 0) is 141 Å². The Hall–Kier alpha value is -12.6. The molecule has 0 unspecified atom stereocenters. The van der Waals surface area contributed by atoms with Crippen LogP contribution >= 0.6 is 0 Å². The zero-order valence-corrected chi connectivity index (χ0v) is 53.3. The van der Waals surface area contributed by atoms with Crippen molar-refractivity contribution in [3.8, 4) is 96.0 Å². The first-order valence-corrected chi connectivity index (χ1v) is 33.2. The van der Waals surface area contributed by atoms with Crippen LogP contribution in [-0.2, 0) is 5.41 Å². The predicted octanol–water partition coefficient (Wildman–Crippen LogP) is 19.8. The topological polar surface area (TPSA) is 75.9 Å². The van der Waals surface area contributed by atoms with Crippen molar-refractivity contribution in [2.24, 2.45) is 0 Å². The van der Waals surface area contributed by atoms with E-state index in [0.29, 0.717) is 23.3 Å². The third kappa shape index (κ3) is 9.11. The standard InChI is InChI=1S/C88H59BN8/c1-88(2)70-40-17-15-38-65(70)67-53-68-66-39-16-20-43-76(66)97(82(68)54-71(67)88)77-49-48-61(75-55-74(56-26-7-3-8-27-56)90-84(91-75)57-28-9-4-10-29-57)52-69(77)87-93-85(58-30-11-5-12-31-58)92-86(94-87)62-34-23-32-59(50-62)60-33-24-37-64(51-60)96-79-45-22-19-42-73(79)89-72-41-18-21-44-78(72)95(63-35-13-6-14-36-63)80-46-25-47-81(96)83(80)89/h3-55H,1-2H3. The van der Waals surface area contributed by atoms with Gasteiger partial charge in [-0.1, -0.05) is 244 Å². The molecular formula is C88H59BN8. The van der Waals surface area contributed by atoms with E-state index in [4.69, 9.17) is 24.9 Å². The lowest BCUT2D eigenvalue weighted by Crippen LogP contribution is -2.61. The van der Waals surface area contributed by atoms with Gasteiger partial charge in [-0.2, -0.15) is 0 Å². The molecule has 0 spiro atoms. The van der Waals surface area contributed by atoms with E-state index in [1.807, 2.05) is 42.5 Å². The molecule has 3 aromatic heterocycles. The number of hydrogen-bond acceptors (Lipinski definition) is 7. The maximum Gasteiger partial charge on any atom is 0.252 e. The summed E-state index contributed by atoms with van der Waals surface area (Å²) in [5.74, 6) is 2.27. The average Bonchev–Trinajstić information content (AvgIpc) is 0.912. The zero-order chi connectivity index (χ0) is 64.3. The molecule has 454 valence electrons. The van der Waals surface area contributed by atoms with E-state index in [0.717, 1.165) is 101 Å². The average molecular weight is 1240 g/mol. The van der Waals surface area contributed by atoms with Gasteiger partial charge in [0.1, 0.15) is 0 Å². The molecule has 97 heavy (non-hydrogen) atoms. The molecule has 0 saturated heterocycles. The molecule has 8 nitrogen and oxygen atoms in total. The van der Waals surface area contributed by atoms with Crippen LogP contribution in [0.3, 0.4) is 0 Å². The second-order valence-electron chi connectivity index (χ2n) is 25.9. The Kier molecular flexibility index (Phi) is 12.9. The lowest BCUT2D eigenvalue weighted by atomic mass is 9.33. The first kappa shape index (κ1) is 56.0. The van der Waals surface area contributed by atoms with Crippen molar-refractivity contribution in [1.82, 2.24) is 29.5 Å². The van der Waals surface area contributed by atoms with E-state index >= 15 is 0 Å². The quantitative estimate of drug-likeness (QED) is 0.126. The van der Waals surface area contributed by atoms with Crippen molar-refractivity contribution >= 4 is 79.0 Å². The highest BCUT2D eigenvalue weighted by molar-refractivity contribution is 7.00. The van der Waals surface area contributed by atoms with Crippen LogP contribution in [0.15, 0.2) is 322 Å². The number of anilines is 6. The fourth-order valence-corrected chi connectivity index (χ4v) is 15.5. The summed E-state index contributed by atoms with van der Waals surface area (Å²) in [6.45, 7) is 4.75. The smallest absolute Gasteiger partial charge is 0.252 e. The number of benzene rings is 13. The normalized spacial score (nSPS) is 13.1. The number of para-hydroxylation sites is 4. The van der Waals surface area contributed by atoms with Gasteiger partial charge in [0.2, 0.25) is 0 Å². The van der Waals surface area contributed by atoms with Gasteiger partial charge in [0.15, 0.2) is 23.3 Å². The summed E-state index contributed by atoms with van der Waals surface area (Å²) in [7, 11) is 0. The van der Waals surface area contributed by atoms with E-state index in [1.54, 1.807) is 0 Å². The minimum Gasteiger partial charge on any atom is -0.311 e. The monoisotopic (exact) mass is 1240 g/mol. The van der Waals surface area contributed by atoms with Gasteiger partial charge >= 0.3 is 0 Å². The van der Waals surface area contributed by atoms with Gasteiger partial charge in [-0.25, -0.2) is 24.9 Å². The maximum atomic E-state index is 5.67. The van der Waals surface area contributed by atoms with Crippen molar-refractivity contribution in [3.63, 3.8) is 0 Å². The molecule has 2 aliphatic heterocycles. The van der Waals surface area contributed by atoms with Crippen molar-refractivity contribution < 1.29 is 0 Å². The molecule has 3 aliphatic rings. The van der Waals surface area contributed by atoms with E-state index in [2.05, 4.69) is 307 Å². The van der Waals surface area contributed by atoms with Crippen LogP contribution in [0.25, 0.3) is 118 Å². The molecule has 16 aromatic rings. The number of rotatable bonds is 10. The van der Waals surface area contributed by atoms with Gasteiger partial charge < -0.3 is 14.4 Å². The van der Waals surface area contributed by atoms with Gasteiger partial charge in [0.05, 0.1) is 28.1 Å². The second kappa shape index (κ2) is 22.3. The van der Waals surface area contributed by atoms with Crippen LogP contribution in [0.4, 0.5) is 34.1 Å². The fraction of sp³-hybridized carbons (Fsp3) is 0.0341. The molecule has 0 fully saturated rings. The van der Waals surface area contributed by atoms with Crippen LogP contribution in [0.5, 0.6) is 0 Å². The molecule has 9 heteroatoms. The molecule has 0 saturated carbocycles. The Morgan fingerprint density at radius 1 is 0.278 bits per heavy atom. The molecular weight excluding hydrogens is 1180 g/mol. The summed E-state index contributed by atoms with van der Waals surface area (Å²) in [4.78, 5) is 32.1. The van der Waals surface area contributed by atoms with Gasteiger partial charge in [0.25, 0.3) is 6.71 Å². The molecule has 0 amide bonds.